The minimum Gasteiger partial charge on any atom is -0.323 e. The van der Waals surface area contributed by atoms with E-state index >= 15 is 0 Å². The highest BCUT2D eigenvalue weighted by Crippen LogP contribution is 2.17. The number of amides is 2. The van der Waals surface area contributed by atoms with Gasteiger partial charge in [-0.1, -0.05) is 17.7 Å². The summed E-state index contributed by atoms with van der Waals surface area (Å²) in [5.41, 5.74) is 0.666. The topological polar surface area (TPSA) is 59.4 Å². The van der Waals surface area contributed by atoms with Crippen molar-refractivity contribution in [2.24, 2.45) is 0 Å². The van der Waals surface area contributed by atoms with Gasteiger partial charge in [-0.15, -0.1) is 0 Å². The first-order valence-electron chi connectivity index (χ1n) is 6.04. The molecule has 1 N–H and O–H groups in total. The molecule has 1 aliphatic rings. The van der Waals surface area contributed by atoms with Gasteiger partial charge in [-0.05, 0) is 24.6 Å². The van der Waals surface area contributed by atoms with Crippen LogP contribution in [0.2, 0.25) is 5.02 Å². The molecule has 19 heavy (non-hydrogen) atoms. The highest BCUT2D eigenvalue weighted by molar-refractivity contribution is 6.30. The Morgan fingerprint density at radius 3 is 3.05 bits per heavy atom. The molecule has 1 atom stereocenters. The molecule has 100 valence electrons. The van der Waals surface area contributed by atoms with Crippen molar-refractivity contribution in [3.63, 3.8) is 0 Å². The molecule has 2 rings (SSSR count). The lowest BCUT2D eigenvalue weighted by molar-refractivity contribution is 0.205. The number of hydrogen-bond donors (Lipinski definition) is 1. The van der Waals surface area contributed by atoms with E-state index < -0.39 is 0 Å². The van der Waals surface area contributed by atoms with Gasteiger partial charge in [0.25, 0.3) is 0 Å². The Balaban J connectivity index is 1.95. The number of urea groups is 1. The van der Waals surface area contributed by atoms with E-state index in [9.17, 15) is 4.79 Å². The molecule has 0 aromatic heterocycles. The largest absolute Gasteiger partial charge is 0.323 e. The lowest BCUT2D eigenvalue weighted by atomic mass is 10.2. The number of likely N-dealkylation sites (tertiary alicyclic amines) is 1. The van der Waals surface area contributed by atoms with E-state index in [0.717, 1.165) is 6.42 Å². The molecule has 0 spiro atoms. The first-order valence-corrected chi connectivity index (χ1v) is 6.42. The van der Waals surface area contributed by atoms with Crippen LogP contribution in [-0.2, 0) is 0 Å². The van der Waals surface area contributed by atoms with Crippen molar-refractivity contribution < 1.29 is 4.79 Å². The Labute approximate surface area is 117 Å². The zero-order chi connectivity index (χ0) is 13.8. The predicted molar refractivity (Wildman–Crippen MR) is 73.8 cm³/mol. The summed E-state index contributed by atoms with van der Waals surface area (Å²) in [6.07, 6.45) is 2.91. The molecule has 0 radical (unpaired) electrons. The number of benzene rings is 1. The molecule has 1 aromatic carbocycles. The van der Waals surface area contributed by atoms with Crippen LogP contribution >= 0.6 is 11.6 Å². The van der Waals surface area contributed by atoms with E-state index in [1.165, 1.54) is 0 Å². The van der Waals surface area contributed by atoms with Crippen LogP contribution < -0.4 is 5.32 Å². The summed E-state index contributed by atoms with van der Waals surface area (Å²) in [7, 11) is 1.74. The quantitative estimate of drug-likeness (QED) is 0.845. The Hall–Kier alpha value is -1.93. The van der Waals surface area contributed by atoms with Crippen molar-refractivity contribution in [3.8, 4) is 6.19 Å². The van der Waals surface area contributed by atoms with Crippen molar-refractivity contribution in [3.05, 3.63) is 29.3 Å². The fourth-order valence-corrected chi connectivity index (χ4v) is 2.28. The van der Waals surface area contributed by atoms with Gasteiger partial charge in [0, 0.05) is 30.8 Å². The van der Waals surface area contributed by atoms with Crippen molar-refractivity contribution in [2.45, 2.75) is 12.5 Å². The number of carbonyl (C=O) groups excluding carboxylic acids is 1. The predicted octanol–water partition coefficient (Wildman–Crippen LogP) is 2.36. The van der Waals surface area contributed by atoms with Gasteiger partial charge in [-0.25, -0.2) is 4.79 Å². The standard InChI is InChI=1S/C13H15ClN4O/c1-17(12-5-6-18(8-12)9-15)13(19)16-11-4-2-3-10(14)7-11/h2-4,7,12H,5-6,8H2,1H3,(H,16,19). The molecule has 1 saturated heterocycles. The number of nitrogens with zero attached hydrogens (tertiary/aromatic N) is 3. The second-order valence-corrected chi connectivity index (χ2v) is 4.98. The molecule has 5 nitrogen and oxygen atoms in total. The van der Waals surface area contributed by atoms with Crippen LogP contribution in [0.4, 0.5) is 10.5 Å². The molecule has 1 unspecified atom stereocenters. The maximum absolute atomic E-state index is 12.1. The summed E-state index contributed by atoms with van der Waals surface area (Å²) in [5.74, 6) is 0. The fraction of sp³-hybridized carbons (Fsp3) is 0.385. The third kappa shape index (κ3) is 3.30. The molecular weight excluding hydrogens is 264 g/mol. The molecule has 6 heteroatoms. The van der Waals surface area contributed by atoms with Gasteiger partial charge in [-0.2, -0.15) is 5.26 Å². The number of anilines is 1. The van der Waals surface area contributed by atoms with Gasteiger partial charge in [0.1, 0.15) is 0 Å². The van der Waals surface area contributed by atoms with E-state index in [0.29, 0.717) is 23.8 Å². The van der Waals surface area contributed by atoms with Crippen LogP contribution in [0.5, 0.6) is 0 Å². The third-order valence-corrected chi connectivity index (χ3v) is 3.48. The lowest BCUT2D eigenvalue weighted by Crippen LogP contribution is -2.41. The summed E-state index contributed by atoms with van der Waals surface area (Å²) >= 11 is 5.87. The average molecular weight is 279 g/mol. The molecular formula is C13H15ClN4O. The Kier molecular flexibility index (Phi) is 4.13. The smallest absolute Gasteiger partial charge is 0.321 e. The summed E-state index contributed by atoms with van der Waals surface area (Å²) in [4.78, 5) is 15.4. The molecule has 2 amide bonds. The van der Waals surface area contributed by atoms with E-state index in [4.69, 9.17) is 16.9 Å². The number of halogens is 1. The van der Waals surface area contributed by atoms with Crippen molar-refractivity contribution in [2.75, 3.05) is 25.5 Å². The summed E-state index contributed by atoms with van der Waals surface area (Å²) < 4.78 is 0. The molecule has 1 heterocycles. The van der Waals surface area contributed by atoms with Crippen LogP contribution in [0.3, 0.4) is 0 Å². The van der Waals surface area contributed by atoms with Gasteiger partial charge in [-0.3, -0.25) is 0 Å². The number of hydrogen-bond acceptors (Lipinski definition) is 3. The summed E-state index contributed by atoms with van der Waals surface area (Å²) in [6, 6.07) is 6.90. The SMILES string of the molecule is CN(C(=O)Nc1cccc(Cl)c1)C1CCN(C#N)C1. The van der Waals surface area contributed by atoms with E-state index in [1.807, 2.05) is 0 Å². The second kappa shape index (κ2) is 5.81. The minimum absolute atomic E-state index is 0.0684. The lowest BCUT2D eigenvalue weighted by Gasteiger charge is -2.24. The van der Waals surface area contributed by atoms with Crippen LogP contribution in [0, 0.1) is 11.5 Å². The Morgan fingerprint density at radius 1 is 1.63 bits per heavy atom. The van der Waals surface area contributed by atoms with Crippen LogP contribution in [0.1, 0.15) is 6.42 Å². The van der Waals surface area contributed by atoms with Crippen molar-refractivity contribution in [1.29, 1.82) is 5.26 Å². The Bertz CT molecular complexity index is 514. The maximum atomic E-state index is 12.1. The Morgan fingerprint density at radius 2 is 2.42 bits per heavy atom. The average Bonchev–Trinajstić information content (AvgIpc) is 2.86. The number of carbonyl (C=O) groups is 1. The zero-order valence-corrected chi connectivity index (χ0v) is 11.4. The van der Waals surface area contributed by atoms with Crippen molar-refractivity contribution in [1.82, 2.24) is 9.80 Å². The second-order valence-electron chi connectivity index (χ2n) is 4.54. The summed E-state index contributed by atoms with van der Waals surface area (Å²) in [5, 5.41) is 12.2. The van der Waals surface area contributed by atoms with Gasteiger partial charge in [0.2, 0.25) is 0 Å². The van der Waals surface area contributed by atoms with Gasteiger partial charge >= 0.3 is 6.03 Å². The van der Waals surface area contributed by atoms with E-state index in [-0.39, 0.29) is 12.1 Å². The minimum atomic E-state index is -0.188. The molecule has 0 bridgehead atoms. The zero-order valence-electron chi connectivity index (χ0n) is 10.6. The summed E-state index contributed by atoms with van der Waals surface area (Å²) in [6.45, 7) is 1.30. The molecule has 1 aromatic rings. The first-order chi connectivity index (χ1) is 9.10. The van der Waals surface area contributed by atoms with Crippen LogP contribution in [0.25, 0.3) is 0 Å². The van der Waals surface area contributed by atoms with Gasteiger partial charge in [0.05, 0.1) is 6.04 Å². The molecule has 1 aliphatic heterocycles. The van der Waals surface area contributed by atoms with E-state index in [1.54, 1.807) is 41.1 Å². The maximum Gasteiger partial charge on any atom is 0.321 e. The van der Waals surface area contributed by atoms with E-state index in [2.05, 4.69) is 11.5 Å². The van der Waals surface area contributed by atoms with Crippen molar-refractivity contribution >= 4 is 23.3 Å². The highest BCUT2D eigenvalue weighted by Gasteiger charge is 2.27. The normalized spacial score (nSPS) is 17.9. The number of rotatable bonds is 2. The molecule has 0 aliphatic carbocycles. The monoisotopic (exact) mass is 278 g/mol. The van der Waals surface area contributed by atoms with Gasteiger partial charge < -0.3 is 15.1 Å². The van der Waals surface area contributed by atoms with Crippen LogP contribution in [-0.4, -0.2) is 42.0 Å². The number of nitrogens with one attached hydrogen (secondary N) is 1. The number of nitriles is 1. The third-order valence-electron chi connectivity index (χ3n) is 3.25. The van der Waals surface area contributed by atoms with Crippen LogP contribution in [0.15, 0.2) is 24.3 Å². The number of likely N-dealkylation sites (N-methyl/N-ethyl adjacent to an activating group) is 1. The molecule has 1 fully saturated rings. The first kappa shape index (κ1) is 13.5. The van der Waals surface area contributed by atoms with Gasteiger partial charge in [0.15, 0.2) is 6.19 Å². The highest BCUT2D eigenvalue weighted by atomic mass is 35.5. The fourth-order valence-electron chi connectivity index (χ4n) is 2.09. The molecule has 0 saturated carbocycles.